The minimum atomic E-state index is -0.406. The van der Waals surface area contributed by atoms with Crippen LogP contribution in [0.4, 0.5) is 11.4 Å². The van der Waals surface area contributed by atoms with Gasteiger partial charge in [-0.05, 0) is 35.7 Å². The second-order valence-electron chi connectivity index (χ2n) is 8.71. The van der Waals surface area contributed by atoms with E-state index in [1.54, 1.807) is 7.05 Å². The Morgan fingerprint density at radius 1 is 1.26 bits per heavy atom. The number of hydrogen-bond acceptors (Lipinski definition) is 6. The molecule has 178 valence electrons. The number of aromatic nitrogens is 2. The number of anilines is 2. The molecule has 1 aromatic heterocycles. The van der Waals surface area contributed by atoms with E-state index in [1.165, 1.54) is 11.5 Å². The average molecular weight is 481 g/mol. The number of hydrogen-bond donors (Lipinski definition) is 1. The lowest BCUT2D eigenvalue weighted by Gasteiger charge is -2.24. The van der Waals surface area contributed by atoms with Gasteiger partial charge < -0.3 is 15.0 Å². The minimum Gasteiger partial charge on any atom is -0.460 e. The standard InChI is InChI=1S/C26H29ClN4O3/c1-6-21-24(29-23-18-10-8-7-9-16(18)13-22(23)34-15(2)32)26(33)31(5)25(28-21)19-12-11-17(30(3)4)14-20(19)27/h7-12,14,22-23,29H,6,13H2,1-5H3. The van der Waals surface area contributed by atoms with Gasteiger partial charge in [0.25, 0.3) is 5.56 Å². The number of carbonyl (C=O) groups excluding carboxylic acids is 1. The molecule has 0 saturated heterocycles. The van der Waals surface area contributed by atoms with Crippen LogP contribution < -0.4 is 15.8 Å². The lowest BCUT2D eigenvalue weighted by molar-refractivity contribution is -0.146. The highest BCUT2D eigenvalue weighted by atomic mass is 35.5. The van der Waals surface area contributed by atoms with Gasteiger partial charge in [0.15, 0.2) is 0 Å². The molecule has 7 nitrogen and oxygen atoms in total. The van der Waals surface area contributed by atoms with E-state index >= 15 is 0 Å². The van der Waals surface area contributed by atoms with Crippen LogP contribution in [0.5, 0.6) is 0 Å². The van der Waals surface area contributed by atoms with Crippen molar-refractivity contribution in [2.75, 3.05) is 24.3 Å². The van der Waals surface area contributed by atoms with Gasteiger partial charge in [-0.2, -0.15) is 0 Å². The van der Waals surface area contributed by atoms with E-state index in [9.17, 15) is 9.59 Å². The van der Waals surface area contributed by atoms with Crippen LogP contribution in [0.3, 0.4) is 0 Å². The molecule has 0 aliphatic heterocycles. The molecule has 34 heavy (non-hydrogen) atoms. The predicted octanol–water partition coefficient (Wildman–Crippen LogP) is 4.37. The third kappa shape index (κ3) is 4.40. The Hall–Kier alpha value is -3.32. The van der Waals surface area contributed by atoms with Crippen LogP contribution in [0.15, 0.2) is 47.3 Å². The molecule has 3 aromatic rings. The van der Waals surface area contributed by atoms with Gasteiger partial charge in [-0.15, -0.1) is 0 Å². The molecule has 0 radical (unpaired) electrons. The third-order valence-electron chi connectivity index (χ3n) is 6.21. The van der Waals surface area contributed by atoms with Gasteiger partial charge in [0, 0.05) is 45.7 Å². The molecule has 0 saturated carbocycles. The first-order valence-electron chi connectivity index (χ1n) is 11.3. The van der Waals surface area contributed by atoms with Crippen molar-refractivity contribution in [2.45, 2.75) is 38.8 Å². The molecule has 0 spiro atoms. The zero-order chi connectivity index (χ0) is 24.6. The van der Waals surface area contributed by atoms with E-state index in [2.05, 4.69) is 5.32 Å². The fraction of sp³-hybridized carbons (Fsp3) is 0.346. The number of carbonyl (C=O) groups is 1. The summed E-state index contributed by atoms with van der Waals surface area (Å²) >= 11 is 6.58. The lowest BCUT2D eigenvalue weighted by Crippen LogP contribution is -2.32. The molecule has 1 N–H and O–H groups in total. The van der Waals surface area contributed by atoms with Crippen LogP contribution in [0.2, 0.25) is 5.02 Å². The summed E-state index contributed by atoms with van der Waals surface area (Å²) in [5.74, 6) is 0.156. The third-order valence-corrected chi connectivity index (χ3v) is 6.52. The number of fused-ring (bicyclic) bond motifs is 1. The molecule has 0 bridgehead atoms. The monoisotopic (exact) mass is 480 g/mol. The average Bonchev–Trinajstić information content (AvgIpc) is 3.13. The normalized spacial score (nSPS) is 16.8. The fourth-order valence-corrected chi connectivity index (χ4v) is 4.72. The topological polar surface area (TPSA) is 76.5 Å². The van der Waals surface area contributed by atoms with Crippen molar-refractivity contribution in [3.8, 4) is 11.4 Å². The number of aryl methyl sites for hydroxylation is 1. The molecule has 2 unspecified atom stereocenters. The summed E-state index contributed by atoms with van der Waals surface area (Å²) in [7, 11) is 5.58. The maximum absolute atomic E-state index is 13.6. The molecule has 1 aliphatic rings. The van der Waals surface area contributed by atoms with E-state index in [-0.39, 0.29) is 17.6 Å². The van der Waals surface area contributed by atoms with Crippen LogP contribution in [-0.2, 0) is 29.4 Å². The summed E-state index contributed by atoms with van der Waals surface area (Å²) in [6.07, 6.45) is 0.733. The number of halogens is 1. The summed E-state index contributed by atoms with van der Waals surface area (Å²) in [6, 6.07) is 13.3. The molecule has 4 rings (SSSR count). The van der Waals surface area contributed by atoms with Gasteiger partial charge >= 0.3 is 5.97 Å². The smallest absolute Gasteiger partial charge is 0.302 e. The SMILES string of the molecule is CCc1nc(-c2ccc(N(C)C)cc2Cl)n(C)c(=O)c1NC1c2ccccc2CC1OC(C)=O. The highest BCUT2D eigenvalue weighted by Crippen LogP contribution is 2.36. The van der Waals surface area contributed by atoms with Crippen LogP contribution >= 0.6 is 11.6 Å². The van der Waals surface area contributed by atoms with Gasteiger partial charge in [-0.3, -0.25) is 14.2 Å². The molecular formula is C26H29ClN4O3. The molecule has 0 fully saturated rings. The molecule has 8 heteroatoms. The highest BCUT2D eigenvalue weighted by molar-refractivity contribution is 6.33. The van der Waals surface area contributed by atoms with Gasteiger partial charge in [-0.1, -0.05) is 42.8 Å². The van der Waals surface area contributed by atoms with Gasteiger partial charge in [0.05, 0.1) is 16.8 Å². The number of nitrogens with one attached hydrogen (secondary N) is 1. The van der Waals surface area contributed by atoms with Crippen molar-refractivity contribution in [1.29, 1.82) is 0 Å². The summed E-state index contributed by atoms with van der Waals surface area (Å²) in [4.78, 5) is 32.1. The van der Waals surface area contributed by atoms with E-state index in [0.29, 0.717) is 40.6 Å². The zero-order valence-corrected chi connectivity index (χ0v) is 20.8. The van der Waals surface area contributed by atoms with E-state index in [4.69, 9.17) is 21.3 Å². The highest BCUT2D eigenvalue weighted by Gasteiger charge is 2.35. The van der Waals surface area contributed by atoms with E-state index in [0.717, 1.165) is 16.8 Å². The van der Waals surface area contributed by atoms with E-state index < -0.39 is 6.10 Å². The van der Waals surface area contributed by atoms with Crippen molar-refractivity contribution in [3.63, 3.8) is 0 Å². The number of nitrogens with zero attached hydrogens (tertiary/aromatic N) is 3. The van der Waals surface area contributed by atoms with Crippen molar-refractivity contribution in [1.82, 2.24) is 9.55 Å². The van der Waals surface area contributed by atoms with E-state index in [1.807, 2.05) is 68.4 Å². The lowest BCUT2D eigenvalue weighted by atomic mass is 10.1. The predicted molar refractivity (Wildman–Crippen MR) is 136 cm³/mol. The Balaban J connectivity index is 1.77. The van der Waals surface area contributed by atoms with Crippen LogP contribution in [0.25, 0.3) is 11.4 Å². The summed E-state index contributed by atoms with van der Waals surface area (Å²) in [5, 5.41) is 3.91. The van der Waals surface area contributed by atoms with Crippen molar-refractivity contribution >= 4 is 28.9 Å². The number of ether oxygens (including phenoxy) is 1. The minimum absolute atomic E-state index is 0.208. The van der Waals surface area contributed by atoms with Gasteiger partial charge in [0.2, 0.25) is 0 Å². The Morgan fingerprint density at radius 2 is 2.00 bits per heavy atom. The Labute approximate surface area is 204 Å². The maximum Gasteiger partial charge on any atom is 0.302 e. The van der Waals surface area contributed by atoms with Crippen molar-refractivity contribution in [2.24, 2.45) is 7.05 Å². The molecule has 2 atom stereocenters. The number of benzene rings is 2. The van der Waals surface area contributed by atoms with Crippen LogP contribution in [-0.4, -0.2) is 35.7 Å². The Morgan fingerprint density at radius 3 is 2.65 bits per heavy atom. The van der Waals surface area contributed by atoms with Gasteiger partial charge in [0.1, 0.15) is 17.6 Å². The Kier molecular flexibility index (Phi) is 6.66. The fourth-order valence-electron chi connectivity index (χ4n) is 4.46. The number of esters is 1. The first kappa shape index (κ1) is 23.8. The van der Waals surface area contributed by atoms with Crippen molar-refractivity contribution in [3.05, 3.63) is 74.7 Å². The first-order valence-corrected chi connectivity index (χ1v) is 11.7. The van der Waals surface area contributed by atoms with Gasteiger partial charge in [-0.25, -0.2) is 4.98 Å². The summed E-state index contributed by atoms with van der Waals surface area (Å²) in [6.45, 7) is 3.36. The first-order chi connectivity index (χ1) is 16.2. The molecule has 1 aliphatic carbocycles. The molecule has 2 aromatic carbocycles. The zero-order valence-electron chi connectivity index (χ0n) is 20.1. The summed E-state index contributed by atoms with van der Waals surface area (Å²) < 4.78 is 7.12. The second kappa shape index (κ2) is 9.50. The van der Waals surface area contributed by atoms with Crippen molar-refractivity contribution < 1.29 is 9.53 Å². The molecule has 0 amide bonds. The molecule has 1 heterocycles. The maximum atomic E-state index is 13.6. The largest absolute Gasteiger partial charge is 0.460 e. The number of rotatable bonds is 6. The second-order valence-corrected chi connectivity index (χ2v) is 9.11. The van der Waals surface area contributed by atoms with Crippen LogP contribution in [0, 0.1) is 0 Å². The summed E-state index contributed by atoms with van der Waals surface area (Å²) in [5.41, 5.74) is 4.61. The van der Waals surface area contributed by atoms with Crippen LogP contribution in [0.1, 0.15) is 36.7 Å². The Bertz CT molecular complexity index is 1300. The quantitative estimate of drug-likeness (QED) is 0.528. The molecular weight excluding hydrogens is 452 g/mol.